The van der Waals surface area contributed by atoms with Crippen molar-refractivity contribution in [2.75, 3.05) is 26.2 Å². The maximum Gasteiger partial charge on any atom is 0.407 e. The molecular weight excluding hydrogens is 382 g/mol. The minimum absolute atomic E-state index is 0.00158. The summed E-state index contributed by atoms with van der Waals surface area (Å²) in [6, 6.07) is 6.89. The van der Waals surface area contributed by atoms with Crippen molar-refractivity contribution in [2.24, 2.45) is 11.8 Å². The van der Waals surface area contributed by atoms with Crippen LogP contribution < -0.4 is 0 Å². The molecule has 150 valence electrons. The van der Waals surface area contributed by atoms with Crippen LogP contribution in [0.3, 0.4) is 0 Å². The lowest BCUT2D eigenvalue weighted by Gasteiger charge is -2.45. The Morgan fingerprint density at radius 2 is 1.64 bits per heavy atom. The van der Waals surface area contributed by atoms with E-state index < -0.39 is 12.1 Å². The summed E-state index contributed by atoms with van der Waals surface area (Å²) in [5.74, 6) is 0.351. The van der Waals surface area contributed by atoms with Crippen molar-refractivity contribution in [3.8, 4) is 0 Å². The fraction of sp³-hybridized carbons (Fsp3) is 0.550. The number of fused-ring (bicyclic) bond motifs is 2. The van der Waals surface area contributed by atoms with Gasteiger partial charge in [-0.05, 0) is 42.4 Å². The van der Waals surface area contributed by atoms with E-state index in [1.165, 1.54) is 4.90 Å². The number of piperidine rings is 2. The summed E-state index contributed by atoms with van der Waals surface area (Å²) in [5, 5.41) is 9.89. The van der Waals surface area contributed by atoms with Gasteiger partial charge in [0.2, 0.25) is 11.8 Å². The van der Waals surface area contributed by atoms with E-state index in [4.69, 9.17) is 11.6 Å². The summed E-state index contributed by atoms with van der Waals surface area (Å²) in [7, 11) is 0. The highest BCUT2D eigenvalue weighted by atomic mass is 35.5. The molecule has 3 unspecified atom stereocenters. The van der Waals surface area contributed by atoms with Crippen LogP contribution in [0.2, 0.25) is 5.02 Å². The third kappa shape index (κ3) is 3.81. The Labute approximate surface area is 168 Å². The molecule has 3 aliphatic heterocycles. The van der Waals surface area contributed by atoms with Gasteiger partial charge in [-0.2, -0.15) is 0 Å². The molecule has 3 saturated heterocycles. The van der Waals surface area contributed by atoms with Crippen LogP contribution in [-0.4, -0.2) is 69.9 Å². The number of carbonyl (C=O) groups is 3. The third-order valence-electron chi connectivity index (χ3n) is 6.04. The Kier molecular flexibility index (Phi) is 5.19. The summed E-state index contributed by atoms with van der Waals surface area (Å²) in [6.45, 7) is 2.50. The van der Waals surface area contributed by atoms with Crippen LogP contribution in [0.5, 0.6) is 0 Å². The minimum atomic E-state index is -0.884. The van der Waals surface area contributed by atoms with Crippen molar-refractivity contribution in [3.05, 3.63) is 34.9 Å². The molecule has 3 amide bonds. The molecule has 3 heterocycles. The van der Waals surface area contributed by atoms with Gasteiger partial charge >= 0.3 is 6.09 Å². The fourth-order valence-electron chi connectivity index (χ4n) is 4.80. The molecule has 1 aromatic rings. The number of likely N-dealkylation sites (tertiary alicyclic amines) is 3. The average molecular weight is 406 g/mol. The van der Waals surface area contributed by atoms with Crippen molar-refractivity contribution in [1.29, 1.82) is 0 Å². The van der Waals surface area contributed by atoms with Gasteiger partial charge in [-0.3, -0.25) is 9.59 Å². The van der Waals surface area contributed by atoms with Crippen molar-refractivity contribution in [2.45, 2.75) is 31.8 Å². The highest BCUT2D eigenvalue weighted by Crippen LogP contribution is 2.31. The fourth-order valence-corrected chi connectivity index (χ4v) is 4.93. The second-order valence-corrected chi connectivity index (χ2v) is 8.54. The molecule has 2 bridgehead atoms. The first kappa shape index (κ1) is 19.1. The molecule has 4 rings (SSSR count). The van der Waals surface area contributed by atoms with Gasteiger partial charge in [-0.15, -0.1) is 0 Å². The number of carboxylic acid groups (broad SMARTS) is 1. The van der Waals surface area contributed by atoms with Crippen LogP contribution in [0, 0.1) is 11.8 Å². The molecule has 0 radical (unpaired) electrons. The molecule has 28 heavy (non-hydrogen) atoms. The molecule has 0 spiro atoms. The van der Waals surface area contributed by atoms with Gasteiger partial charge < -0.3 is 19.8 Å². The quantitative estimate of drug-likeness (QED) is 0.836. The van der Waals surface area contributed by atoms with Gasteiger partial charge in [0.1, 0.15) is 6.04 Å². The van der Waals surface area contributed by atoms with Crippen molar-refractivity contribution < 1.29 is 19.5 Å². The molecule has 1 aromatic carbocycles. The lowest BCUT2D eigenvalue weighted by Crippen LogP contribution is -2.57. The number of halogens is 1. The molecule has 3 atom stereocenters. The van der Waals surface area contributed by atoms with E-state index in [1.54, 1.807) is 17.0 Å². The van der Waals surface area contributed by atoms with E-state index in [1.807, 2.05) is 17.0 Å². The number of nitrogens with zero attached hydrogens (tertiary/aromatic N) is 3. The number of benzene rings is 1. The molecule has 7 nitrogen and oxygen atoms in total. The van der Waals surface area contributed by atoms with E-state index in [9.17, 15) is 19.5 Å². The molecular formula is C20H24ClN3O4. The molecule has 8 heteroatoms. The van der Waals surface area contributed by atoms with Gasteiger partial charge in [0.25, 0.3) is 0 Å². The van der Waals surface area contributed by atoms with E-state index in [-0.39, 0.29) is 23.7 Å². The summed E-state index contributed by atoms with van der Waals surface area (Å²) in [4.78, 5) is 41.9. The van der Waals surface area contributed by atoms with Crippen LogP contribution in [0.15, 0.2) is 24.3 Å². The van der Waals surface area contributed by atoms with E-state index >= 15 is 0 Å². The van der Waals surface area contributed by atoms with Gasteiger partial charge in [0.15, 0.2) is 0 Å². The molecule has 0 aromatic heterocycles. The zero-order valence-electron chi connectivity index (χ0n) is 15.6. The van der Waals surface area contributed by atoms with Gasteiger partial charge in [0, 0.05) is 44.2 Å². The largest absolute Gasteiger partial charge is 0.465 e. The van der Waals surface area contributed by atoms with Crippen LogP contribution in [0.1, 0.15) is 24.8 Å². The normalized spacial score (nSPS) is 27.2. The van der Waals surface area contributed by atoms with Gasteiger partial charge in [0.05, 0.1) is 0 Å². The Bertz CT molecular complexity index is 770. The molecule has 3 fully saturated rings. The Morgan fingerprint density at radius 3 is 2.25 bits per heavy atom. The Balaban J connectivity index is 1.44. The van der Waals surface area contributed by atoms with Gasteiger partial charge in [-0.25, -0.2) is 4.79 Å². The molecule has 1 N–H and O–H groups in total. The topological polar surface area (TPSA) is 81.2 Å². The number of hydrogen-bond acceptors (Lipinski definition) is 3. The smallest absolute Gasteiger partial charge is 0.407 e. The predicted octanol–water partition coefficient (Wildman–Crippen LogP) is 2.29. The molecule has 0 saturated carbocycles. The average Bonchev–Trinajstić information content (AvgIpc) is 3.02. The first-order chi connectivity index (χ1) is 13.4. The van der Waals surface area contributed by atoms with E-state index in [2.05, 4.69) is 0 Å². The first-order valence-corrected chi connectivity index (χ1v) is 10.1. The summed E-state index contributed by atoms with van der Waals surface area (Å²) >= 11 is 5.93. The Hall–Kier alpha value is -2.28. The highest BCUT2D eigenvalue weighted by Gasteiger charge is 2.42. The SMILES string of the molecule is O=C(O)N1CC2CC(C1)CN(C(=O)C1CCC(=O)N1Cc1ccc(Cl)cc1)C2. The monoisotopic (exact) mass is 405 g/mol. The minimum Gasteiger partial charge on any atom is -0.465 e. The van der Waals surface area contributed by atoms with Gasteiger partial charge in [-0.1, -0.05) is 23.7 Å². The van der Waals surface area contributed by atoms with Crippen LogP contribution in [0.4, 0.5) is 4.79 Å². The number of amides is 3. The summed E-state index contributed by atoms with van der Waals surface area (Å²) in [5.41, 5.74) is 0.949. The van der Waals surface area contributed by atoms with Crippen LogP contribution >= 0.6 is 11.6 Å². The number of rotatable bonds is 3. The van der Waals surface area contributed by atoms with Crippen LogP contribution in [0.25, 0.3) is 0 Å². The zero-order valence-corrected chi connectivity index (χ0v) is 16.3. The summed E-state index contributed by atoms with van der Waals surface area (Å²) < 4.78 is 0. The highest BCUT2D eigenvalue weighted by molar-refractivity contribution is 6.30. The molecule has 3 aliphatic rings. The van der Waals surface area contributed by atoms with Crippen molar-refractivity contribution in [3.63, 3.8) is 0 Å². The number of carbonyl (C=O) groups excluding carboxylic acids is 2. The zero-order chi connectivity index (χ0) is 19.8. The maximum atomic E-state index is 13.2. The van der Waals surface area contributed by atoms with E-state index in [0.29, 0.717) is 50.6 Å². The molecule has 0 aliphatic carbocycles. The second-order valence-electron chi connectivity index (χ2n) is 8.10. The predicted molar refractivity (Wildman–Crippen MR) is 103 cm³/mol. The Morgan fingerprint density at radius 1 is 1.04 bits per heavy atom. The first-order valence-electron chi connectivity index (χ1n) is 9.71. The second kappa shape index (κ2) is 7.62. The lowest BCUT2D eigenvalue weighted by molar-refractivity contribution is -0.145. The third-order valence-corrected chi connectivity index (χ3v) is 6.29. The number of hydrogen-bond donors (Lipinski definition) is 1. The van der Waals surface area contributed by atoms with Crippen molar-refractivity contribution >= 4 is 29.5 Å². The van der Waals surface area contributed by atoms with Crippen LogP contribution in [-0.2, 0) is 16.1 Å². The standard InChI is InChI=1S/C20H24ClN3O4/c21-16-3-1-13(2-4-16)12-24-17(5-6-18(24)25)19(26)22-8-14-7-15(9-22)11-23(10-14)20(27)28/h1-4,14-15,17H,5-12H2,(H,27,28). The van der Waals surface area contributed by atoms with Crippen molar-refractivity contribution in [1.82, 2.24) is 14.7 Å². The summed E-state index contributed by atoms with van der Waals surface area (Å²) in [6.07, 6.45) is 1.01. The maximum absolute atomic E-state index is 13.2. The lowest BCUT2D eigenvalue weighted by atomic mass is 9.84. The van der Waals surface area contributed by atoms with E-state index in [0.717, 1.165) is 12.0 Å².